The molecule has 1 aromatic heterocycles. The molecule has 4 rings (SSSR count). The SMILES string of the molecule is C[C@@H](Cc1c(C#N)cccc1Cc1ccc(Cl)cc1)NC(C)(c1ccccc1)c1ccc[nH]c1=O. The van der Waals surface area contributed by atoms with Gasteiger partial charge in [0.25, 0.3) is 5.56 Å². The summed E-state index contributed by atoms with van der Waals surface area (Å²) in [6.45, 7) is 4.13. The van der Waals surface area contributed by atoms with E-state index < -0.39 is 5.54 Å². The van der Waals surface area contributed by atoms with Crippen LogP contribution in [0, 0.1) is 11.3 Å². The fourth-order valence-electron chi connectivity index (χ4n) is 4.72. The van der Waals surface area contributed by atoms with Crippen LogP contribution < -0.4 is 10.9 Å². The molecule has 4 aromatic rings. The van der Waals surface area contributed by atoms with Gasteiger partial charge in [-0.25, -0.2) is 0 Å². The third kappa shape index (κ3) is 5.54. The van der Waals surface area contributed by atoms with Gasteiger partial charge >= 0.3 is 0 Å². The molecule has 1 unspecified atom stereocenters. The lowest BCUT2D eigenvalue weighted by atomic mass is 9.83. The van der Waals surface area contributed by atoms with Crippen LogP contribution in [-0.4, -0.2) is 11.0 Å². The Labute approximate surface area is 211 Å². The standard InChI is InChI=1S/C30H28ClN3O/c1-21(34-30(2,25-10-4-3-5-11-25)28-12-7-17-33-29(28)35)18-27-23(8-6-9-24(27)20-32)19-22-13-15-26(31)16-14-22/h3-17,21,34H,18-19H2,1-2H3,(H,33,35)/t21-,30?/m0/s1. The molecule has 0 bridgehead atoms. The van der Waals surface area contributed by atoms with E-state index in [1.165, 1.54) is 0 Å². The first-order valence-corrected chi connectivity index (χ1v) is 12.0. The third-order valence-electron chi connectivity index (χ3n) is 6.45. The van der Waals surface area contributed by atoms with Gasteiger partial charge in [-0.2, -0.15) is 5.26 Å². The molecule has 0 saturated heterocycles. The van der Waals surface area contributed by atoms with E-state index in [0.717, 1.165) is 22.3 Å². The zero-order valence-corrected chi connectivity index (χ0v) is 20.6. The first kappa shape index (κ1) is 24.5. The van der Waals surface area contributed by atoms with Crippen LogP contribution in [0.1, 0.15) is 47.2 Å². The molecular formula is C30H28ClN3O. The van der Waals surface area contributed by atoms with Crippen LogP contribution in [0.15, 0.2) is 95.9 Å². The van der Waals surface area contributed by atoms with Crippen LogP contribution in [0.3, 0.4) is 0 Å². The second-order valence-corrected chi connectivity index (χ2v) is 9.45. The van der Waals surface area contributed by atoms with Crippen molar-refractivity contribution in [1.29, 1.82) is 5.26 Å². The van der Waals surface area contributed by atoms with Crippen LogP contribution in [0.4, 0.5) is 0 Å². The average Bonchev–Trinajstić information content (AvgIpc) is 2.87. The molecule has 176 valence electrons. The highest BCUT2D eigenvalue weighted by molar-refractivity contribution is 6.30. The minimum atomic E-state index is -0.715. The maximum Gasteiger partial charge on any atom is 0.253 e. The number of hydrogen-bond acceptors (Lipinski definition) is 3. The van der Waals surface area contributed by atoms with E-state index in [4.69, 9.17) is 11.6 Å². The molecular weight excluding hydrogens is 454 g/mol. The normalized spacial score (nSPS) is 13.5. The van der Waals surface area contributed by atoms with E-state index in [-0.39, 0.29) is 11.6 Å². The molecule has 5 heteroatoms. The van der Waals surface area contributed by atoms with E-state index in [9.17, 15) is 10.1 Å². The number of rotatable bonds is 8. The van der Waals surface area contributed by atoms with Crippen LogP contribution in [0.25, 0.3) is 0 Å². The lowest BCUT2D eigenvalue weighted by molar-refractivity contribution is 0.375. The summed E-state index contributed by atoms with van der Waals surface area (Å²) in [5.41, 5.74) is 4.74. The van der Waals surface area contributed by atoms with Crippen LogP contribution in [-0.2, 0) is 18.4 Å². The summed E-state index contributed by atoms with van der Waals surface area (Å²) in [5.74, 6) is 0. The molecule has 0 fully saturated rings. The number of H-pyrrole nitrogens is 1. The highest BCUT2D eigenvalue weighted by Crippen LogP contribution is 2.29. The summed E-state index contributed by atoms with van der Waals surface area (Å²) in [6.07, 6.45) is 3.00. The van der Waals surface area contributed by atoms with Crippen molar-refractivity contribution >= 4 is 11.6 Å². The zero-order valence-electron chi connectivity index (χ0n) is 19.9. The minimum absolute atomic E-state index is 0.0294. The Morgan fingerprint density at radius 3 is 2.43 bits per heavy atom. The molecule has 2 atom stereocenters. The van der Waals surface area contributed by atoms with Gasteiger partial charge in [0.1, 0.15) is 0 Å². The molecule has 0 aliphatic heterocycles. The first-order valence-electron chi connectivity index (χ1n) is 11.7. The molecule has 2 N–H and O–H groups in total. The number of halogens is 1. The second kappa shape index (κ2) is 10.7. The van der Waals surface area contributed by atoms with Crippen molar-refractivity contribution in [2.75, 3.05) is 0 Å². The predicted molar refractivity (Wildman–Crippen MR) is 142 cm³/mol. The van der Waals surface area contributed by atoms with E-state index in [2.05, 4.69) is 29.4 Å². The smallest absolute Gasteiger partial charge is 0.253 e. The molecule has 0 saturated carbocycles. The van der Waals surface area contributed by atoms with Crippen molar-refractivity contribution in [3.8, 4) is 6.07 Å². The molecule has 0 radical (unpaired) electrons. The molecule has 3 aromatic carbocycles. The Bertz CT molecular complexity index is 1390. The lowest BCUT2D eigenvalue weighted by Gasteiger charge is -2.35. The van der Waals surface area contributed by atoms with Gasteiger partial charge in [-0.3, -0.25) is 4.79 Å². The molecule has 0 spiro atoms. The van der Waals surface area contributed by atoms with Crippen LogP contribution in [0.5, 0.6) is 0 Å². The lowest BCUT2D eigenvalue weighted by Crippen LogP contribution is -2.49. The van der Waals surface area contributed by atoms with Gasteiger partial charge in [0.05, 0.1) is 17.2 Å². The minimum Gasteiger partial charge on any atom is -0.329 e. The van der Waals surface area contributed by atoms with Gasteiger partial charge in [0.2, 0.25) is 0 Å². The van der Waals surface area contributed by atoms with Crippen molar-refractivity contribution in [1.82, 2.24) is 10.3 Å². The number of nitrogens with zero attached hydrogens (tertiary/aromatic N) is 1. The number of nitriles is 1. The Morgan fingerprint density at radius 1 is 1.00 bits per heavy atom. The van der Waals surface area contributed by atoms with E-state index in [1.807, 2.05) is 85.8 Å². The van der Waals surface area contributed by atoms with Crippen molar-refractivity contribution in [3.63, 3.8) is 0 Å². The number of nitrogens with one attached hydrogen (secondary N) is 2. The Hall–Kier alpha value is -3.65. The van der Waals surface area contributed by atoms with Crippen molar-refractivity contribution in [2.45, 2.75) is 38.3 Å². The van der Waals surface area contributed by atoms with E-state index in [1.54, 1.807) is 6.20 Å². The Morgan fingerprint density at radius 2 is 1.74 bits per heavy atom. The Kier molecular flexibility index (Phi) is 7.51. The summed E-state index contributed by atoms with van der Waals surface area (Å²) in [6, 6.07) is 29.7. The van der Waals surface area contributed by atoms with Crippen molar-refractivity contribution in [3.05, 3.63) is 140 Å². The largest absolute Gasteiger partial charge is 0.329 e. The molecule has 4 nitrogen and oxygen atoms in total. The van der Waals surface area contributed by atoms with Gasteiger partial charge in [0, 0.05) is 22.8 Å². The van der Waals surface area contributed by atoms with Gasteiger partial charge in [-0.15, -0.1) is 0 Å². The first-order chi connectivity index (χ1) is 16.9. The molecule has 0 amide bonds. The highest BCUT2D eigenvalue weighted by Gasteiger charge is 2.32. The Balaban J connectivity index is 1.67. The monoisotopic (exact) mass is 481 g/mol. The molecule has 1 heterocycles. The predicted octanol–water partition coefficient (Wildman–Crippen LogP) is 5.98. The number of aromatic nitrogens is 1. The maximum absolute atomic E-state index is 12.8. The molecule has 35 heavy (non-hydrogen) atoms. The zero-order chi connectivity index (χ0) is 24.8. The summed E-state index contributed by atoms with van der Waals surface area (Å²) in [7, 11) is 0. The fraction of sp³-hybridized carbons (Fsp3) is 0.200. The topological polar surface area (TPSA) is 68.7 Å². The van der Waals surface area contributed by atoms with Gasteiger partial charge in [0.15, 0.2) is 0 Å². The summed E-state index contributed by atoms with van der Waals surface area (Å²) >= 11 is 6.06. The maximum atomic E-state index is 12.8. The summed E-state index contributed by atoms with van der Waals surface area (Å²) in [5, 5.41) is 14.3. The number of hydrogen-bond donors (Lipinski definition) is 2. The molecule has 0 aliphatic carbocycles. The molecule has 0 aliphatic rings. The quantitative estimate of drug-likeness (QED) is 0.325. The number of aromatic amines is 1. The van der Waals surface area contributed by atoms with Gasteiger partial charge < -0.3 is 10.3 Å². The van der Waals surface area contributed by atoms with Crippen LogP contribution >= 0.6 is 11.6 Å². The van der Waals surface area contributed by atoms with Crippen molar-refractivity contribution in [2.24, 2.45) is 0 Å². The van der Waals surface area contributed by atoms with Crippen molar-refractivity contribution < 1.29 is 0 Å². The average molecular weight is 482 g/mol. The van der Waals surface area contributed by atoms with Gasteiger partial charge in [-0.05, 0) is 79.3 Å². The van der Waals surface area contributed by atoms with Gasteiger partial charge in [-0.1, -0.05) is 66.2 Å². The van der Waals surface area contributed by atoms with Crippen LogP contribution in [0.2, 0.25) is 5.02 Å². The highest BCUT2D eigenvalue weighted by atomic mass is 35.5. The third-order valence-corrected chi connectivity index (χ3v) is 6.71. The summed E-state index contributed by atoms with van der Waals surface area (Å²) in [4.78, 5) is 15.6. The second-order valence-electron chi connectivity index (χ2n) is 9.01. The van der Waals surface area contributed by atoms with E-state index >= 15 is 0 Å². The fourth-order valence-corrected chi connectivity index (χ4v) is 4.85. The van der Waals surface area contributed by atoms with E-state index in [0.29, 0.717) is 29.0 Å². The summed E-state index contributed by atoms with van der Waals surface area (Å²) < 4.78 is 0. The number of benzene rings is 3. The number of pyridine rings is 1.